The molecule has 7 nitrogen and oxygen atoms in total. The van der Waals surface area contributed by atoms with Crippen LogP contribution in [-0.2, 0) is 23.8 Å². The maximum atomic E-state index is 13.8. The molecule has 0 aliphatic heterocycles. The molecule has 0 saturated heterocycles. The van der Waals surface area contributed by atoms with Crippen molar-refractivity contribution in [1.29, 1.82) is 0 Å². The minimum absolute atomic E-state index is 0.0155. The van der Waals surface area contributed by atoms with Gasteiger partial charge in [-0.05, 0) is 69.2 Å². The van der Waals surface area contributed by atoms with Crippen LogP contribution >= 0.6 is 0 Å². The molecule has 21 heteroatoms. The summed E-state index contributed by atoms with van der Waals surface area (Å²) in [6.45, 7) is 2.90. The first kappa shape index (κ1) is 49.8. The van der Waals surface area contributed by atoms with Crippen molar-refractivity contribution in [3.63, 3.8) is 0 Å². The summed E-state index contributed by atoms with van der Waals surface area (Å²) in [5.41, 5.74) is 0.0372. The Kier molecular flexibility index (Phi) is 16.7. The van der Waals surface area contributed by atoms with Crippen molar-refractivity contribution in [2.24, 2.45) is 5.41 Å². The van der Waals surface area contributed by atoms with Gasteiger partial charge in [-0.3, -0.25) is 4.79 Å². The van der Waals surface area contributed by atoms with E-state index in [0.717, 1.165) is 6.92 Å². The highest BCUT2D eigenvalue weighted by Crippen LogP contribution is 2.49. The Labute approximate surface area is 319 Å². The van der Waals surface area contributed by atoms with Crippen LogP contribution in [0.1, 0.15) is 91.0 Å². The average molecular weight is 854 g/mol. The second kappa shape index (κ2) is 19.1. The fourth-order valence-corrected chi connectivity index (χ4v) is 5.20. The molecule has 0 spiro atoms. The van der Waals surface area contributed by atoms with E-state index in [1.165, 1.54) is 36.4 Å². The van der Waals surface area contributed by atoms with Crippen LogP contribution in [0.2, 0.25) is 0 Å². The summed E-state index contributed by atoms with van der Waals surface area (Å²) < 4.78 is 204. The van der Waals surface area contributed by atoms with Gasteiger partial charge in [-0.25, -0.2) is 4.79 Å². The number of alkyl halides is 14. The van der Waals surface area contributed by atoms with E-state index in [1.807, 2.05) is 20.8 Å². The number of rotatable bonds is 21. The zero-order valence-electron chi connectivity index (χ0n) is 31.3. The van der Waals surface area contributed by atoms with Gasteiger partial charge in [0.2, 0.25) is 5.91 Å². The molecule has 2 rings (SSSR count). The normalized spacial score (nSPS) is 18.1. The molecule has 0 unspecified atom stereocenters. The Morgan fingerprint density at radius 2 is 1.18 bits per heavy atom. The second-order valence-electron chi connectivity index (χ2n) is 14.4. The first-order chi connectivity index (χ1) is 25.9. The van der Waals surface area contributed by atoms with Crippen molar-refractivity contribution >= 4 is 18.0 Å². The molecule has 1 aliphatic carbocycles. The third-order valence-electron chi connectivity index (χ3n) is 9.40. The molecule has 328 valence electrons. The maximum Gasteiger partial charge on any atom is 0.459 e. The standard InChI is InChI=1S/C36H45F14NO6/c1-5-29(2,3)28(53)51-24-10-14-26(15-11-24)57-27(52)16-9-23-7-12-25(13-8-23)54-20-6-17-30(4,55-21-18-31(37,38)33(41,42)35(45,46)47)56-22-19-32(39,40)34(43,44)36(48,49)50/h7-9,12-13,16,24,26H,5-6,10-11,14-15,17-22H2,1-4H3,(H,51,53)/b16-9+. The number of amides is 1. The van der Waals surface area contributed by atoms with E-state index in [2.05, 4.69) is 5.32 Å². The predicted octanol–water partition coefficient (Wildman–Crippen LogP) is 10.5. The predicted molar refractivity (Wildman–Crippen MR) is 176 cm³/mol. The number of esters is 1. The Hall–Kier alpha value is -3.36. The number of ether oxygens (including phenoxy) is 4. The Morgan fingerprint density at radius 1 is 0.702 bits per heavy atom. The number of hydrogen-bond donors (Lipinski definition) is 1. The number of carbonyl (C=O) groups excluding carboxylic acids is 2. The number of carbonyl (C=O) groups is 2. The molecule has 0 bridgehead atoms. The summed E-state index contributed by atoms with van der Waals surface area (Å²) in [6, 6.07) is 5.92. The molecule has 0 atom stereocenters. The largest absolute Gasteiger partial charge is 0.494 e. The molecule has 1 aromatic rings. The van der Waals surface area contributed by atoms with E-state index in [1.54, 1.807) is 0 Å². The molecule has 0 aromatic heterocycles. The van der Waals surface area contributed by atoms with Gasteiger partial charge in [0, 0.05) is 36.8 Å². The lowest BCUT2D eigenvalue weighted by Crippen LogP contribution is -2.53. The summed E-state index contributed by atoms with van der Waals surface area (Å²) in [7, 11) is 0. The molecule has 0 heterocycles. The van der Waals surface area contributed by atoms with Crippen LogP contribution in [0.4, 0.5) is 61.5 Å². The highest BCUT2D eigenvalue weighted by Gasteiger charge is 2.73. The maximum absolute atomic E-state index is 13.8. The SMILES string of the molecule is CCC(C)(C)C(=O)NC1CCC(OC(=O)/C=C/c2ccc(OCCCC(C)(OCCC(F)(F)C(F)(F)C(F)(F)F)OCCC(F)(F)C(F)(F)C(F)(F)F)cc2)CC1. The van der Waals surface area contributed by atoms with Gasteiger partial charge >= 0.3 is 42.0 Å². The van der Waals surface area contributed by atoms with Gasteiger partial charge in [0.1, 0.15) is 11.9 Å². The van der Waals surface area contributed by atoms with E-state index in [4.69, 9.17) is 18.9 Å². The molecule has 1 fully saturated rings. The highest BCUT2D eigenvalue weighted by atomic mass is 19.4. The van der Waals surface area contributed by atoms with Gasteiger partial charge in [0.25, 0.3) is 0 Å². The van der Waals surface area contributed by atoms with Crippen molar-refractivity contribution in [2.75, 3.05) is 19.8 Å². The third-order valence-corrected chi connectivity index (χ3v) is 9.40. The van der Waals surface area contributed by atoms with Crippen molar-refractivity contribution in [3.05, 3.63) is 35.9 Å². The molecule has 0 radical (unpaired) electrons. The fourth-order valence-electron chi connectivity index (χ4n) is 5.20. The van der Waals surface area contributed by atoms with Gasteiger partial charge in [0.15, 0.2) is 5.79 Å². The summed E-state index contributed by atoms with van der Waals surface area (Å²) in [5, 5.41) is 3.04. The van der Waals surface area contributed by atoms with Gasteiger partial charge in [0.05, 0.1) is 19.8 Å². The van der Waals surface area contributed by atoms with Crippen molar-refractivity contribution in [2.45, 2.75) is 139 Å². The van der Waals surface area contributed by atoms with Crippen molar-refractivity contribution in [3.8, 4) is 5.75 Å². The van der Waals surface area contributed by atoms with Crippen LogP contribution in [0.3, 0.4) is 0 Å². The van der Waals surface area contributed by atoms with Crippen molar-refractivity contribution in [1.82, 2.24) is 5.32 Å². The second-order valence-corrected chi connectivity index (χ2v) is 14.4. The number of nitrogens with one attached hydrogen (secondary N) is 1. The zero-order chi connectivity index (χ0) is 43.7. The van der Waals surface area contributed by atoms with Crippen LogP contribution in [0.5, 0.6) is 5.75 Å². The first-order valence-electron chi connectivity index (χ1n) is 17.7. The van der Waals surface area contributed by atoms with Gasteiger partial charge in [-0.2, -0.15) is 61.5 Å². The van der Waals surface area contributed by atoms with Gasteiger partial charge in [-0.1, -0.05) is 32.9 Å². The van der Waals surface area contributed by atoms with Crippen LogP contribution in [0.15, 0.2) is 30.3 Å². The number of hydrogen-bond acceptors (Lipinski definition) is 6. The minimum Gasteiger partial charge on any atom is -0.494 e. The van der Waals surface area contributed by atoms with E-state index < -0.39 is 85.7 Å². The van der Waals surface area contributed by atoms with E-state index in [9.17, 15) is 71.1 Å². The zero-order valence-corrected chi connectivity index (χ0v) is 31.3. The summed E-state index contributed by atoms with van der Waals surface area (Å²) >= 11 is 0. The average Bonchev–Trinajstić information content (AvgIpc) is 3.09. The molecular weight excluding hydrogens is 808 g/mol. The van der Waals surface area contributed by atoms with E-state index >= 15 is 0 Å². The van der Waals surface area contributed by atoms with Gasteiger partial charge < -0.3 is 24.3 Å². The lowest BCUT2D eigenvalue weighted by Gasteiger charge is -2.34. The highest BCUT2D eigenvalue weighted by molar-refractivity contribution is 5.87. The quantitative estimate of drug-likeness (QED) is 0.0436. The van der Waals surface area contributed by atoms with Crippen molar-refractivity contribution < 1.29 is 90.0 Å². The lowest BCUT2D eigenvalue weighted by molar-refractivity contribution is -0.361. The Morgan fingerprint density at radius 3 is 1.61 bits per heavy atom. The summed E-state index contributed by atoms with van der Waals surface area (Å²) in [6.07, 6.45) is -13.3. The monoisotopic (exact) mass is 853 g/mol. The summed E-state index contributed by atoms with van der Waals surface area (Å²) in [4.78, 5) is 24.8. The molecule has 1 N–H and O–H groups in total. The molecule has 1 aliphatic rings. The molecule has 1 amide bonds. The van der Waals surface area contributed by atoms with Gasteiger partial charge in [-0.15, -0.1) is 0 Å². The smallest absolute Gasteiger partial charge is 0.459 e. The van der Waals surface area contributed by atoms with E-state index in [-0.39, 0.29) is 36.8 Å². The minimum atomic E-state index is -6.67. The van der Waals surface area contributed by atoms with Crippen LogP contribution in [0, 0.1) is 5.41 Å². The molecule has 57 heavy (non-hydrogen) atoms. The Balaban J connectivity index is 1.94. The Bertz CT molecular complexity index is 1430. The number of halogens is 14. The van der Waals surface area contributed by atoms with Crippen LogP contribution in [-0.4, -0.2) is 85.7 Å². The molecule has 1 saturated carbocycles. The molecular formula is C36H45F14NO6. The van der Waals surface area contributed by atoms with Crippen LogP contribution < -0.4 is 10.1 Å². The third kappa shape index (κ3) is 13.9. The lowest BCUT2D eigenvalue weighted by atomic mass is 9.87. The fraction of sp³-hybridized carbons (Fsp3) is 0.722. The first-order valence-corrected chi connectivity index (χ1v) is 17.7. The van der Waals surface area contributed by atoms with Crippen LogP contribution in [0.25, 0.3) is 6.08 Å². The number of benzene rings is 1. The summed E-state index contributed by atoms with van der Waals surface area (Å²) in [5.74, 6) is -27.4. The topological polar surface area (TPSA) is 83.1 Å². The van der Waals surface area contributed by atoms with E-state index in [0.29, 0.717) is 37.7 Å². The molecule has 1 aromatic carbocycles.